The van der Waals surface area contributed by atoms with Gasteiger partial charge in [-0.3, -0.25) is 9.69 Å². The maximum absolute atomic E-state index is 13.7. The van der Waals surface area contributed by atoms with Crippen molar-refractivity contribution in [3.8, 4) is 5.69 Å². The zero-order valence-electron chi connectivity index (χ0n) is 17.3. The summed E-state index contributed by atoms with van der Waals surface area (Å²) in [6, 6.07) is 23.9. The van der Waals surface area contributed by atoms with Crippen molar-refractivity contribution in [2.24, 2.45) is 0 Å². The third-order valence-corrected chi connectivity index (χ3v) is 6.28. The maximum Gasteiger partial charge on any atom is 0.263 e. The normalized spacial score (nSPS) is 11.1. The number of aromatic nitrogens is 3. The van der Waals surface area contributed by atoms with Crippen LogP contribution >= 0.6 is 11.3 Å². The SMILES string of the molecule is Cc1c(C(=O)N(Cc2ccccc2)c2nc3ccc(F)cc3s2)cnn1-c1ccccc1. The van der Waals surface area contributed by atoms with Crippen LogP contribution in [0.4, 0.5) is 9.52 Å². The molecule has 0 fully saturated rings. The summed E-state index contributed by atoms with van der Waals surface area (Å²) in [6.07, 6.45) is 1.59. The van der Waals surface area contributed by atoms with E-state index in [-0.39, 0.29) is 11.7 Å². The zero-order valence-corrected chi connectivity index (χ0v) is 18.1. The lowest BCUT2D eigenvalue weighted by atomic mass is 10.2. The van der Waals surface area contributed by atoms with E-state index in [9.17, 15) is 9.18 Å². The van der Waals surface area contributed by atoms with Crippen molar-refractivity contribution in [1.29, 1.82) is 0 Å². The van der Waals surface area contributed by atoms with E-state index in [4.69, 9.17) is 0 Å². The Morgan fingerprint density at radius 2 is 1.75 bits per heavy atom. The molecule has 0 aliphatic carbocycles. The number of carbonyl (C=O) groups is 1. The number of anilines is 1. The van der Waals surface area contributed by atoms with Crippen LogP contribution in [0.2, 0.25) is 0 Å². The Morgan fingerprint density at radius 1 is 1.03 bits per heavy atom. The molecule has 0 saturated carbocycles. The Morgan fingerprint density at radius 3 is 2.50 bits per heavy atom. The summed E-state index contributed by atoms with van der Waals surface area (Å²) in [4.78, 5) is 20.0. The van der Waals surface area contributed by atoms with Gasteiger partial charge in [0.05, 0.1) is 39.9 Å². The minimum atomic E-state index is -0.325. The minimum Gasteiger partial charge on any atom is -0.279 e. The largest absolute Gasteiger partial charge is 0.279 e. The molecule has 158 valence electrons. The molecule has 5 aromatic rings. The van der Waals surface area contributed by atoms with E-state index in [1.54, 1.807) is 21.8 Å². The first-order valence-corrected chi connectivity index (χ1v) is 10.9. The van der Waals surface area contributed by atoms with Crippen molar-refractivity contribution in [1.82, 2.24) is 14.8 Å². The molecular weight excluding hydrogens is 423 g/mol. The van der Waals surface area contributed by atoms with Crippen LogP contribution in [0.3, 0.4) is 0 Å². The number of carbonyl (C=O) groups excluding carboxylic acids is 1. The molecule has 0 spiro atoms. The number of hydrogen-bond donors (Lipinski definition) is 0. The van der Waals surface area contributed by atoms with Gasteiger partial charge in [0, 0.05) is 0 Å². The topological polar surface area (TPSA) is 51.0 Å². The highest BCUT2D eigenvalue weighted by atomic mass is 32.1. The quantitative estimate of drug-likeness (QED) is 0.347. The monoisotopic (exact) mass is 442 g/mol. The van der Waals surface area contributed by atoms with Gasteiger partial charge in [-0.15, -0.1) is 0 Å². The number of rotatable bonds is 5. The first kappa shape index (κ1) is 20.1. The van der Waals surface area contributed by atoms with Gasteiger partial charge in [-0.1, -0.05) is 59.9 Å². The highest BCUT2D eigenvalue weighted by molar-refractivity contribution is 7.22. The minimum absolute atomic E-state index is 0.201. The van der Waals surface area contributed by atoms with Crippen molar-refractivity contribution >= 4 is 32.6 Å². The number of fused-ring (bicyclic) bond motifs is 1. The van der Waals surface area contributed by atoms with E-state index < -0.39 is 0 Å². The zero-order chi connectivity index (χ0) is 22.1. The first-order chi connectivity index (χ1) is 15.6. The smallest absolute Gasteiger partial charge is 0.263 e. The Bertz CT molecular complexity index is 1400. The third kappa shape index (κ3) is 3.78. The van der Waals surface area contributed by atoms with Crippen LogP contribution in [0.25, 0.3) is 15.9 Å². The Hall–Kier alpha value is -3.84. The first-order valence-electron chi connectivity index (χ1n) is 10.1. The van der Waals surface area contributed by atoms with E-state index in [1.165, 1.54) is 23.5 Å². The fourth-order valence-electron chi connectivity index (χ4n) is 3.59. The van der Waals surface area contributed by atoms with Crippen molar-refractivity contribution < 1.29 is 9.18 Å². The summed E-state index contributed by atoms with van der Waals surface area (Å²) in [7, 11) is 0. The average molecular weight is 443 g/mol. The molecule has 7 heteroatoms. The van der Waals surface area contributed by atoms with Gasteiger partial charge in [-0.05, 0) is 42.8 Å². The van der Waals surface area contributed by atoms with Crippen molar-refractivity contribution in [3.63, 3.8) is 0 Å². The van der Waals surface area contributed by atoms with Crippen LogP contribution in [0.5, 0.6) is 0 Å². The number of amides is 1. The molecule has 0 atom stereocenters. The maximum atomic E-state index is 13.7. The van der Waals surface area contributed by atoms with E-state index in [2.05, 4.69) is 10.1 Å². The highest BCUT2D eigenvalue weighted by Gasteiger charge is 2.25. The van der Waals surface area contributed by atoms with Gasteiger partial charge in [0.15, 0.2) is 5.13 Å². The molecule has 0 saturated heterocycles. The number of thiazole rings is 1. The van der Waals surface area contributed by atoms with E-state index in [1.807, 2.05) is 67.6 Å². The number of halogens is 1. The number of benzene rings is 3. The van der Waals surface area contributed by atoms with Gasteiger partial charge in [-0.25, -0.2) is 14.1 Å². The molecule has 32 heavy (non-hydrogen) atoms. The van der Waals surface area contributed by atoms with Gasteiger partial charge in [0.25, 0.3) is 5.91 Å². The van der Waals surface area contributed by atoms with Crippen molar-refractivity contribution in [3.05, 3.63) is 108 Å². The predicted octanol–water partition coefficient (Wildman–Crippen LogP) is 5.78. The van der Waals surface area contributed by atoms with Crippen LogP contribution in [0, 0.1) is 12.7 Å². The predicted molar refractivity (Wildman–Crippen MR) is 125 cm³/mol. The number of nitrogens with zero attached hydrogens (tertiary/aromatic N) is 4. The van der Waals surface area contributed by atoms with Crippen molar-refractivity contribution in [2.75, 3.05) is 4.90 Å². The molecular formula is C25H19FN4OS. The molecule has 2 heterocycles. The van der Waals surface area contributed by atoms with Crippen LogP contribution in [-0.4, -0.2) is 20.7 Å². The molecule has 0 unspecified atom stereocenters. The fraction of sp³-hybridized carbons (Fsp3) is 0.0800. The summed E-state index contributed by atoms with van der Waals surface area (Å²) in [5.74, 6) is -0.526. The Kier molecular flexibility index (Phi) is 5.25. The van der Waals surface area contributed by atoms with Gasteiger partial charge in [0.1, 0.15) is 5.82 Å². The summed E-state index contributed by atoms with van der Waals surface area (Å²) in [6.45, 7) is 2.22. The highest BCUT2D eigenvalue weighted by Crippen LogP contribution is 2.32. The fourth-order valence-corrected chi connectivity index (χ4v) is 4.58. The number of hydrogen-bond acceptors (Lipinski definition) is 4. The van der Waals surface area contributed by atoms with E-state index in [0.29, 0.717) is 27.5 Å². The molecule has 0 radical (unpaired) electrons. The Labute approximate surface area is 188 Å². The second kappa shape index (κ2) is 8.36. The second-order valence-electron chi connectivity index (χ2n) is 7.38. The van der Waals surface area contributed by atoms with Gasteiger partial charge >= 0.3 is 0 Å². The molecule has 0 aliphatic heterocycles. The van der Waals surface area contributed by atoms with Crippen LogP contribution in [0.1, 0.15) is 21.6 Å². The molecule has 0 N–H and O–H groups in total. The van der Waals surface area contributed by atoms with Crippen molar-refractivity contribution in [2.45, 2.75) is 13.5 Å². The van der Waals surface area contributed by atoms with E-state index in [0.717, 1.165) is 16.9 Å². The summed E-state index contributed by atoms with van der Waals surface area (Å²) in [5.41, 5.74) is 3.75. The molecule has 3 aromatic carbocycles. The number of para-hydroxylation sites is 1. The Balaban J connectivity index is 1.57. The average Bonchev–Trinajstić information content (AvgIpc) is 3.41. The van der Waals surface area contributed by atoms with E-state index >= 15 is 0 Å². The third-order valence-electron chi connectivity index (χ3n) is 5.24. The van der Waals surface area contributed by atoms with Gasteiger partial charge < -0.3 is 0 Å². The molecule has 0 aliphatic rings. The van der Waals surface area contributed by atoms with Gasteiger partial charge in [-0.2, -0.15) is 5.10 Å². The lowest BCUT2D eigenvalue weighted by Gasteiger charge is -2.20. The molecule has 5 nitrogen and oxygen atoms in total. The van der Waals surface area contributed by atoms with Crippen LogP contribution < -0.4 is 4.90 Å². The molecule has 1 amide bonds. The molecule has 2 aromatic heterocycles. The summed E-state index contributed by atoms with van der Waals surface area (Å²) < 4.78 is 16.2. The summed E-state index contributed by atoms with van der Waals surface area (Å²) in [5, 5.41) is 4.97. The van der Waals surface area contributed by atoms with Gasteiger partial charge in [0.2, 0.25) is 0 Å². The lowest BCUT2D eigenvalue weighted by Crippen LogP contribution is -2.30. The van der Waals surface area contributed by atoms with Crippen LogP contribution in [0.15, 0.2) is 85.1 Å². The second-order valence-corrected chi connectivity index (χ2v) is 8.39. The standard InChI is InChI=1S/C25H19FN4OS/c1-17-21(15-27-30(17)20-10-6-3-7-11-20)24(31)29(16-18-8-4-2-5-9-18)25-28-22-13-12-19(26)14-23(22)32-25/h2-15H,16H2,1H3. The molecule has 0 bridgehead atoms. The summed E-state index contributed by atoms with van der Waals surface area (Å²) >= 11 is 1.30. The molecule has 5 rings (SSSR count). The van der Waals surface area contributed by atoms with Crippen LogP contribution in [-0.2, 0) is 6.54 Å². The lowest BCUT2D eigenvalue weighted by molar-refractivity contribution is 0.0984.